The average molecular weight is 288 g/mol. The Morgan fingerprint density at radius 1 is 1.24 bits per heavy atom. The van der Waals surface area contributed by atoms with E-state index in [-0.39, 0.29) is 5.60 Å². The first-order chi connectivity index (χ1) is 10.2. The van der Waals surface area contributed by atoms with Crippen molar-refractivity contribution in [2.75, 3.05) is 13.2 Å². The highest BCUT2D eigenvalue weighted by Crippen LogP contribution is 2.27. The molecule has 0 spiro atoms. The zero-order valence-electron chi connectivity index (χ0n) is 13.4. The normalized spacial score (nSPS) is 20.9. The van der Waals surface area contributed by atoms with Gasteiger partial charge in [0.2, 0.25) is 0 Å². The summed E-state index contributed by atoms with van der Waals surface area (Å²) in [6, 6.07) is 8.27. The van der Waals surface area contributed by atoms with E-state index in [4.69, 9.17) is 9.47 Å². The first kappa shape index (κ1) is 16.1. The molecule has 1 fully saturated rings. The maximum atomic E-state index is 5.79. The van der Waals surface area contributed by atoms with Crippen molar-refractivity contribution in [2.24, 2.45) is 0 Å². The topological polar surface area (TPSA) is 21.8 Å². The van der Waals surface area contributed by atoms with Crippen LogP contribution in [0.4, 0.5) is 0 Å². The lowest BCUT2D eigenvalue weighted by molar-refractivity contribution is 0.202. The molecule has 1 atom stereocenters. The molecule has 0 saturated carbocycles. The summed E-state index contributed by atoms with van der Waals surface area (Å²) in [6.07, 6.45) is 12.3. The van der Waals surface area contributed by atoms with Crippen molar-refractivity contribution in [2.45, 2.75) is 58.0 Å². The highest BCUT2D eigenvalue weighted by atomic mass is 16.6. The molecule has 0 bridgehead atoms. The second-order valence-corrected chi connectivity index (χ2v) is 6.21. The Morgan fingerprint density at radius 3 is 2.81 bits per heavy atom. The van der Waals surface area contributed by atoms with Gasteiger partial charge < -0.3 is 9.47 Å². The van der Waals surface area contributed by atoms with Crippen LogP contribution in [0.2, 0.25) is 0 Å². The molecule has 0 radical (unpaired) electrons. The Kier molecular flexibility index (Phi) is 6.31. The summed E-state index contributed by atoms with van der Waals surface area (Å²) in [7, 11) is 0. The summed E-state index contributed by atoms with van der Waals surface area (Å²) in [5, 5.41) is 0. The number of benzene rings is 1. The van der Waals surface area contributed by atoms with Crippen molar-refractivity contribution in [3.63, 3.8) is 0 Å². The summed E-state index contributed by atoms with van der Waals surface area (Å²) in [6.45, 7) is 5.78. The molecule has 1 aromatic carbocycles. The van der Waals surface area contributed by atoms with Crippen molar-refractivity contribution < 1.29 is 9.47 Å². The molecule has 2 heteroatoms. The fourth-order valence-corrected chi connectivity index (χ4v) is 2.24. The maximum absolute atomic E-state index is 5.79. The SMILES string of the molecule is CCCCCCC/C=C/c1cccc(OCC2(C)CO2)c1. The number of allylic oxidation sites excluding steroid dienone is 1. The molecular formula is C19H28O2. The van der Waals surface area contributed by atoms with Crippen LogP contribution in [0.25, 0.3) is 6.08 Å². The highest BCUT2D eigenvalue weighted by molar-refractivity contribution is 5.51. The predicted octanol–water partition coefficient (Wildman–Crippen LogP) is 5.23. The minimum atomic E-state index is -0.0513. The zero-order chi connectivity index (χ0) is 15.0. The van der Waals surface area contributed by atoms with Crippen molar-refractivity contribution in [1.82, 2.24) is 0 Å². The average Bonchev–Trinajstić information content (AvgIpc) is 3.23. The second-order valence-electron chi connectivity index (χ2n) is 6.21. The van der Waals surface area contributed by atoms with Crippen LogP contribution in [0.3, 0.4) is 0 Å². The number of ether oxygens (including phenoxy) is 2. The summed E-state index contributed by atoms with van der Waals surface area (Å²) >= 11 is 0. The fraction of sp³-hybridized carbons (Fsp3) is 0.579. The van der Waals surface area contributed by atoms with E-state index in [1.165, 1.54) is 44.1 Å². The van der Waals surface area contributed by atoms with Crippen LogP contribution in [0.5, 0.6) is 5.75 Å². The summed E-state index contributed by atoms with van der Waals surface area (Å²) < 4.78 is 11.1. The van der Waals surface area contributed by atoms with Crippen molar-refractivity contribution in [1.29, 1.82) is 0 Å². The number of hydrogen-bond acceptors (Lipinski definition) is 2. The minimum Gasteiger partial charge on any atom is -0.490 e. The van der Waals surface area contributed by atoms with Gasteiger partial charge in [-0.15, -0.1) is 0 Å². The molecule has 2 nitrogen and oxygen atoms in total. The molecule has 21 heavy (non-hydrogen) atoms. The molecule has 0 aliphatic carbocycles. The van der Waals surface area contributed by atoms with Gasteiger partial charge in [-0.05, 0) is 37.5 Å². The van der Waals surface area contributed by atoms with E-state index in [0.717, 1.165) is 12.4 Å². The molecule has 116 valence electrons. The molecule has 1 unspecified atom stereocenters. The molecular weight excluding hydrogens is 260 g/mol. The molecule has 0 amide bonds. The molecule has 1 aliphatic heterocycles. The lowest BCUT2D eigenvalue weighted by atomic mass is 10.1. The van der Waals surface area contributed by atoms with E-state index in [9.17, 15) is 0 Å². The van der Waals surface area contributed by atoms with Gasteiger partial charge in [-0.3, -0.25) is 0 Å². The molecule has 1 aromatic rings. The van der Waals surface area contributed by atoms with E-state index in [1.807, 2.05) is 12.1 Å². The number of unbranched alkanes of at least 4 members (excludes halogenated alkanes) is 5. The predicted molar refractivity (Wildman–Crippen MR) is 88.7 cm³/mol. The van der Waals surface area contributed by atoms with Gasteiger partial charge in [-0.1, -0.05) is 56.9 Å². The lowest BCUT2D eigenvalue weighted by Crippen LogP contribution is -2.16. The summed E-state index contributed by atoms with van der Waals surface area (Å²) in [4.78, 5) is 0. The van der Waals surface area contributed by atoms with Crippen LogP contribution in [0.15, 0.2) is 30.3 Å². The van der Waals surface area contributed by atoms with E-state index >= 15 is 0 Å². The second kappa shape index (κ2) is 8.23. The number of epoxide rings is 1. The monoisotopic (exact) mass is 288 g/mol. The summed E-state index contributed by atoms with van der Waals surface area (Å²) in [5.74, 6) is 0.928. The van der Waals surface area contributed by atoms with Gasteiger partial charge >= 0.3 is 0 Å². The number of rotatable bonds is 10. The van der Waals surface area contributed by atoms with Crippen LogP contribution in [-0.4, -0.2) is 18.8 Å². The Hall–Kier alpha value is -1.28. The van der Waals surface area contributed by atoms with Crippen LogP contribution in [0.1, 0.15) is 57.9 Å². The quantitative estimate of drug-likeness (QED) is 0.434. The summed E-state index contributed by atoms with van der Waals surface area (Å²) in [5.41, 5.74) is 1.16. The molecule has 0 aromatic heterocycles. The third-order valence-corrected chi connectivity index (χ3v) is 3.82. The first-order valence-electron chi connectivity index (χ1n) is 8.25. The highest BCUT2D eigenvalue weighted by Gasteiger charge is 2.40. The Bertz CT molecular complexity index is 447. The van der Waals surface area contributed by atoms with E-state index in [0.29, 0.717) is 6.61 Å². The van der Waals surface area contributed by atoms with E-state index in [1.54, 1.807) is 0 Å². The Balaban J connectivity index is 1.70. The lowest BCUT2D eigenvalue weighted by Gasteiger charge is -2.09. The molecule has 2 rings (SSSR count). The van der Waals surface area contributed by atoms with Gasteiger partial charge in [0.05, 0.1) is 6.61 Å². The molecule has 1 saturated heterocycles. The molecule has 1 aliphatic rings. The first-order valence-corrected chi connectivity index (χ1v) is 8.25. The van der Waals surface area contributed by atoms with Crippen LogP contribution in [0, 0.1) is 0 Å². The van der Waals surface area contributed by atoms with E-state index in [2.05, 4.69) is 38.1 Å². The van der Waals surface area contributed by atoms with Gasteiger partial charge in [0, 0.05) is 0 Å². The molecule has 0 N–H and O–H groups in total. The van der Waals surface area contributed by atoms with Gasteiger partial charge in [0.1, 0.15) is 18.0 Å². The van der Waals surface area contributed by atoms with Crippen LogP contribution in [-0.2, 0) is 4.74 Å². The third-order valence-electron chi connectivity index (χ3n) is 3.82. The maximum Gasteiger partial charge on any atom is 0.123 e. The van der Waals surface area contributed by atoms with Gasteiger partial charge in [0.15, 0.2) is 0 Å². The van der Waals surface area contributed by atoms with Crippen molar-refractivity contribution >= 4 is 6.08 Å². The third kappa shape index (κ3) is 6.34. The van der Waals surface area contributed by atoms with Gasteiger partial charge in [-0.25, -0.2) is 0 Å². The standard InChI is InChI=1S/C19H28O2/c1-3-4-5-6-7-8-9-11-17-12-10-13-18(14-17)20-15-19(2)16-21-19/h9-14H,3-8,15-16H2,1-2H3/b11-9+. The smallest absolute Gasteiger partial charge is 0.123 e. The van der Waals surface area contributed by atoms with Crippen LogP contribution < -0.4 is 4.74 Å². The van der Waals surface area contributed by atoms with E-state index < -0.39 is 0 Å². The van der Waals surface area contributed by atoms with Crippen LogP contribution >= 0.6 is 0 Å². The van der Waals surface area contributed by atoms with Crippen molar-refractivity contribution in [3.05, 3.63) is 35.9 Å². The minimum absolute atomic E-state index is 0.0513. The Labute approximate surface area is 129 Å². The van der Waals surface area contributed by atoms with Gasteiger partial charge in [-0.2, -0.15) is 0 Å². The molecule has 1 heterocycles. The van der Waals surface area contributed by atoms with Gasteiger partial charge in [0.25, 0.3) is 0 Å². The largest absolute Gasteiger partial charge is 0.490 e. The number of hydrogen-bond donors (Lipinski definition) is 0. The van der Waals surface area contributed by atoms with Crippen molar-refractivity contribution in [3.8, 4) is 5.75 Å². The fourth-order valence-electron chi connectivity index (χ4n) is 2.24. The zero-order valence-corrected chi connectivity index (χ0v) is 13.4. The Morgan fingerprint density at radius 2 is 2.05 bits per heavy atom.